The summed E-state index contributed by atoms with van der Waals surface area (Å²) in [5.74, 6) is -3.48. The summed E-state index contributed by atoms with van der Waals surface area (Å²) in [7, 11) is 0. The van der Waals surface area contributed by atoms with Crippen LogP contribution in [0.4, 0.5) is 8.78 Å². The van der Waals surface area contributed by atoms with Crippen LogP contribution in [0.3, 0.4) is 0 Å². The second-order valence-corrected chi connectivity index (χ2v) is 5.18. The predicted molar refractivity (Wildman–Crippen MR) is 53.1 cm³/mol. The first-order chi connectivity index (χ1) is 6.92. The molecule has 1 saturated heterocycles. The maximum atomic E-state index is 13.4. The van der Waals surface area contributed by atoms with E-state index in [9.17, 15) is 13.6 Å². The van der Waals surface area contributed by atoms with Crippen molar-refractivity contribution in [1.82, 2.24) is 4.90 Å². The lowest BCUT2D eigenvalue weighted by atomic mass is 9.99. The number of carbonyl (C=O) groups is 1. The van der Waals surface area contributed by atoms with Crippen LogP contribution in [-0.2, 0) is 4.79 Å². The summed E-state index contributed by atoms with van der Waals surface area (Å²) in [6.45, 7) is 2.21. The van der Waals surface area contributed by atoms with Gasteiger partial charge in [0.2, 0.25) is 5.91 Å². The Morgan fingerprint density at radius 1 is 1.53 bits per heavy atom. The standard InChI is InChI=1S/C10H14ClF2NO/c1-6(11)9(15)14-4-7-2-3-10(12,13)8(7)5-14/h6-8H,2-5H2,1H3. The summed E-state index contributed by atoms with van der Waals surface area (Å²) in [6.07, 6.45) is 0.499. The molecule has 3 unspecified atom stereocenters. The van der Waals surface area contributed by atoms with Crippen molar-refractivity contribution < 1.29 is 13.6 Å². The van der Waals surface area contributed by atoms with Crippen molar-refractivity contribution >= 4 is 17.5 Å². The van der Waals surface area contributed by atoms with Crippen molar-refractivity contribution in [3.05, 3.63) is 0 Å². The Morgan fingerprint density at radius 2 is 2.20 bits per heavy atom. The fourth-order valence-corrected chi connectivity index (χ4v) is 2.77. The molecule has 0 radical (unpaired) electrons. The normalized spacial score (nSPS) is 35.3. The van der Waals surface area contributed by atoms with Crippen LogP contribution in [-0.4, -0.2) is 35.2 Å². The van der Waals surface area contributed by atoms with Gasteiger partial charge in [0.25, 0.3) is 5.92 Å². The summed E-state index contributed by atoms with van der Waals surface area (Å²) < 4.78 is 26.7. The molecule has 5 heteroatoms. The Balaban J connectivity index is 2.05. The topological polar surface area (TPSA) is 20.3 Å². The Morgan fingerprint density at radius 3 is 2.73 bits per heavy atom. The van der Waals surface area contributed by atoms with Gasteiger partial charge in [-0.3, -0.25) is 4.79 Å². The van der Waals surface area contributed by atoms with Crippen molar-refractivity contribution in [2.75, 3.05) is 13.1 Å². The molecule has 1 saturated carbocycles. The van der Waals surface area contributed by atoms with Crippen molar-refractivity contribution in [1.29, 1.82) is 0 Å². The van der Waals surface area contributed by atoms with Crippen LogP contribution in [0, 0.1) is 11.8 Å². The average Bonchev–Trinajstić information content (AvgIpc) is 2.66. The molecule has 1 heterocycles. The lowest BCUT2D eigenvalue weighted by molar-refractivity contribution is -0.130. The van der Waals surface area contributed by atoms with Gasteiger partial charge >= 0.3 is 0 Å². The molecule has 0 bridgehead atoms. The van der Waals surface area contributed by atoms with Gasteiger partial charge in [-0.25, -0.2) is 8.78 Å². The minimum absolute atomic E-state index is 0.0270. The van der Waals surface area contributed by atoms with Crippen molar-refractivity contribution in [3.63, 3.8) is 0 Å². The predicted octanol–water partition coefficient (Wildman–Crippen LogP) is 2.12. The van der Waals surface area contributed by atoms with E-state index in [0.29, 0.717) is 13.0 Å². The van der Waals surface area contributed by atoms with Crippen LogP contribution in [0.25, 0.3) is 0 Å². The summed E-state index contributed by atoms with van der Waals surface area (Å²) in [4.78, 5) is 13.0. The first-order valence-corrected chi connectivity index (χ1v) is 5.66. The van der Waals surface area contributed by atoms with E-state index in [0.717, 1.165) is 0 Å². The van der Waals surface area contributed by atoms with E-state index in [1.807, 2.05) is 0 Å². The Hall–Kier alpha value is -0.380. The average molecular weight is 238 g/mol. The number of rotatable bonds is 1. The van der Waals surface area contributed by atoms with Crippen LogP contribution < -0.4 is 0 Å². The quantitative estimate of drug-likeness (QED) is 0.640. The van der Waals surface area contributed by atoms with Crippen LogP contribution in [0.5, 0.6) is 0 Å². The number of halogens is 3. The molecular weight excluding hydrogens is 224 g/mol. The molecule has 2 rings (SSSR count). The molecule has 3 atom stereocenters. The van der Waals surface area contributed by atoms with Gasteiger partial charge in [0.15, 0.2) is 0 Å². The van der Waals surface area contributed by atoms with Gasteiger partial charge < -0.3 is 4.90 Å². The zero-order chi connectivity index (χ0) is 11.2. The van der Waals surface area contributed by atoms with E-state index >= 15 is 0 Å². The number of fused-ring (bicyclic) bond motifs is 1. The highest BCUT2D eigenvalue weighted by atomic mass is 35.5. The van der Waals surface area contributed by atoms with E-state index < -0.39 is 17.2 Å². The largest absolute Gasteiger partial charge is 0.341 e. The van der Waals surface area contributed by atoms with Gasteiger partial charge in [0.1, 0.15) is 5.38 Å². The highest BCUT2D eigenvalue weighted by molar-refractivity contribution is 6.30. The lowest BCUT2D eigenvalue weighted by Gasteiger charge is -2.21. The highest BCUT2D eigenvalue weighted by Crippen LogP contribution is 2.48. The highest BCUT2D eigenvalue weighted by Gasteiger charge is 2.54. The molecule has 1 amide bonds. The number of likely N-dealkylation sites (tertiary alicyclic amines) is 1. The zero-order valence-electron chi connectivity index (χ0n) is 8.55. The molecule has 0 N–H and O–H groups in total. The van der Waals surface area contributed by atoms with E-state index in [2.05, 4.69) is 0 Å². The lowest BCUT2D eigenvalue weighted by Crippen LogP contribution is -2.36. The molecule has 2 fully saturated rings. The number of alkyl halides is 3. The van der Waals surface area contributed by atoms with Crippen molar-refractivity contribution in [2.45, 2.75) is 31.1 Å². The first kappa shape index (κ1) is 11.1. The van der Waals surface area contributed by atoms with E-state index in [1.54, 1.807) is 6.92 Å². The number of nitrogens with zero attached hydrogens (tertiary/aromatic N) is 1. The van der Waals surface area contributed by atoms with Crippen LogP contribution in [0.15, 0.2) is 0 Å². The molecule has 0 aromatic carbocycles. The molecule has 1 aliphatic heterocycles. The first-order valence-electron chi connectivity index (χ1n) is 5.22. The monoisotopic (exact) mass is 237 g/mol. The third-order valence-electron chi connectivity index (χ3n) is 3.48. The minimum atomic E-state index is -2.59. The molecule has 2 aliphatic rings. The minimum Gasteiger partial charge on any atom is -0.341 e. The fraction of sp³-hybridized carbons (Fsp3) is 0.900. The molecule has 86 valence electrons. The summed E-state index contributed by atoms with van der Waals surface area (Å²) in [6, 6.07) is 0. The van der Waals surface area contributed by atoms with Crippen molar-refractivity contribution in [3.8, 4) is 0 Å². The second-order valence-electron chi connectivity index (χ2n) is 4.53. The Kier molecular flexibility index (Phi) is 2.65. The van der Waals surface area contributed by atoms with E-state index in [1.165, 1.54) is 4.90 Å². The SMILES string of the molecule is CC(Cl)C(=O)N1CC2CCC(F)(F)C2C1. The molecular formula is C10H14ClF2NO. The van der Waals surface area contributed by atoms with Crippen LogP contribution in [0.1, 0.15) is 19.8 Å². The third-order valence-corrected chi connectivity index (χ3v) is 3.67. The molecule has 0 aromatic heterocycles. The number of hydrogen-bond donors (Lipinski definition) is 0. The van der Waals surface area contributed by atoms with Gasteiger partial charge in [-0.15, -0.1) is 11.6 Å². The molecule has 0 aromatic rings. The van der Waals surface area contributed by atoms with Gasteiger partial charge in [0, 0.05) is 25.4 Å². The number of amides is 1. The molecule has 1 aliphatic carbocycles. The zero-order valence-corrected chi connectivity index (χ0v) is 9.31. The maximum absolute atomic E-state index is 13.4. The fourth-order valence-electron chi connectivity index (χ4n) is 2.64. The summed E-state index contributed by atoms with van der Waals surface area (Å²) in [5, 5.41) is -0.613. The third kappa shape index (κ3) is 1.84. The van der Waals surface area contributed by atoms with Gasteiger partial charge in [-0.2, -0.15) is 0 Å². The van der Waals surface area contributed by atoms with Gasteiger partial charge in [-0.05, 0) is 19.3 Å². The van der Waals surface area contributed by atoms with E-state index in [4.69, 9.17) is 11.6 Å². The van der Waals surface area contributed by atoms with Crippen LogP contribution >= 0.6 is 11.6 Å². The number of carbonyl (C=O) groups excluding carboxylic acids is 1. The van der Waals surface area contributed by atoms with Gasteiger partial charge in [-0.1, -0.05) is 0 Å². The van der Waals surface area contributed by atoms with Crippen LogP contribution in [0.2, 0.25) is 0 Å². The van der Waals surface area contributed by atoms with Gasteiger partial charge in [0.05, 0.1) is 0 Å². The molecule has 2 nitrogen and oxygen atoms in total. The number of hydrogen-bond acceptors (Lipinski definition) is 1. The Bertz CT molecular complexity index is 283. The second kappa shape index (κ2) is 3.58. The summed E-state index contributed by atoms with van der Waals surface area (Å²) in [5.41, 5.74) is 0. The summed E-state index contributed by atoms with van der Waals surface area (Å²) >= 11 is 5.66. The maximum Gasteiger partial charge on any atom is 0.252 e. The van der Waals surface area contributed by atoms with Crippen molar-refractivity contribution in [2.24, 2.45) is 11.8 Å². The Labute approximate surface area is 92.6 Å². The molecule has 0 spiro atoms. The smallest absolute Gasteiger partial charge is 0.252 e. The molecule has 15 heavy (non-hydrogen) atoms. The van der Waals surface area contributed by atoms with E-state index in [-0.39, 0.29) is 24.8 Å².